The minimum atomic E-state index is -1.09. The van der Waals surface area contributed by atoms with Crippen LogP contribution in [-0.2, 0) is 16.1 Å². The second-order valence-electron chi connectivity index (χ2n) is 5.65. The zero-order valence-electron chi connectivity index (χ0n) is 14.3. The van der Waals surface area contributed by atoms with Gasteiger partial charge >= 0.3 is 12.0 Å². The lowest BCUT2D eigenvalue weighted by atomic mass is 10.1. The smallest absolute Gasteiger partial charge is 0.349 e. The second kappa shape index (κ2) is 7.57. The molecule has 3 rings (SSSR count). The average Bonchev–Trinajstić information content (AvgIpc) is 3.06. The summed E-state index contributed by atoms with van der Waals surface area (Å²) in [7, 11) is 0. The van der Waals surface area contributed by atoms with Crippen LogP contribution in [0.4, 0.5) is 4.79 Å². The number of amides is 3. The number of ether oxygens (including phenoxy) is 2. The number of carbonyl (C=O) groups excluding carboxylic acids is 3. The third kappa shape index (κ3) is 3.70. The predicted octanol–water partition coefficient (Wildman–Crippen LogP) is 2.70. The van der Waals surface area contributed by atoms with Crippen LogP contribution in [0.3, 0.4) is 0 Å². The highest BCUT2D eigenvalue weighted by atomic mass is 32.1. The van der Waals surface area contributed by atoms with Crippen molar-refractivity contribution in [2.45, 2.75) is 26.6 Å². The molecule has 136 valence electrons. The van der Waals surface area contributed by atoms with Crippen LogP contribution in [-0.4, -0.2) is 30.6 Å². The minimum Gasteiger partial charge on any atom is -0.488 e. The van der Waals surface area contributed by atoms with Crippen molar-refractivity contribution < 1.29 is 23.9 Å². The lowest BCUT2D eigenvalue weighted by molar-refractivity contribution is -0.127. The Kier molecular flexibility index (Phi) is 5.22. The van der Waals surface area contributed by atoms with E-state index in [9.17, 15) is 14.4 Å². The van der Waals surface area contributed by atoms with Gasteiger partial charge in [-0.1, -0.05) is 12.1 Å². The number of hydrogen-bond donors (Lipinski definition) is 2. The highest BCUT2D eigenvalue weighted by Crippen LogP contribution is 2.42. The van der Waals surface area contributed by atoms with Gasteiger partial charge in [-0.3, -0.25) is 10.1 Å². The molecule has 1 aliphatic rings. The Bertz CT molecular complexity index is 861. The molecule has 1 atom stereocenters. The lowest BCUT2D eigenvalue weighted by Crippen LogP contribution is -2.44. The number of carbonyl (C=O) groups is 3. The Hall–Kier alpha value is -2.87. The van der Waals surface area contributed by atoms with Gasteiger partial charge in [0.25, 0.3) is 5.91 Å². The van der Waals surface area contributed by atoms with Gasteiger partial charge in [-0.05, 0) is 32.0 Å². The van der Waals surface area contributed by atoms with Gasteiger partial charge in [0.1, 0.15) is 17.2 Å². The number of esters is 1. The van der Waals surface area contributed by atoms with Crippen LogP contribution in [0.25, 0.3) is 10.4 Å². The summed E-state index contributed by atoms with van der Waals surface area (Å²) < 4.78 is 10.9. The maximum absolute atomic E-state index is 12.4. The molecule has 7 nitrogen and oxygen atoms in total. The van der Waals surface area contributed by atoms with Gasteiger partial charge in [0.2, 0.25) is 0 Å². The summed E-state index contributed by atoms with van der Waals surface area (Å²) in [5, 5.41) is 4.55. The van der Waals surface area contributed by atoms with Crippen LogP contribution in [0.5, 0.6) is 5.75 Å². The molecular formula is C18H18N2O5S. The van der Waals surface area contributed by atoms with Crippen molar-refractivity contribution in [1.29, 1.82) is 0 Å². The van der Waals surface area contributed by atoms with Gasteiger partial charge in [0.15, 0.2) is 6.10 Å². The standard InChI is InChI=1S/C18H18N2O5S/c1-3-19-18(23)20-16(21)10(2)25-17(22)14-8-11-9-24-13-7-5-4-6-12(13)15(11)26-14/h4-8,10H,3,9H2,1-2H3,(H2,19,20,21,23)/t10-/m1/s1. The summed E-state index contributed by atoms with van der Waals surface area (Å²) in [6.45, 7) is 3.91. The number of rotatable bonds is 4. The third-order valence-corrected chi connectivity index (χ3v) is 4.94. The molecule has 0 fully saturated rings. The summed E-state index contributed by atoms with van der Waals surface area (Å²) in [5.41, 5.74) is 1.83. The summed E-state index contributed by atoms with van der Waals surface area (Å²) >= 11 is 1.30. The number of fused-ring (bicyclic) bond motifs is 3. The van der Waals surface area contributed by atoms with Crippen LogP contribution in [0, 0.1) is 0 Å². The normalized spacial score (nSPS) is 12.8. The van der Waals surface area contributed by atoms with E-state index < -0.39 is 24.0 Å². The van der Waals surface area contributed by atoms with E-state index in [1.54, 1.807) is 13.0 Å². The first kappa shape index (κ1) is 17.9. The molecule has 0 aliphatic carbocycles. The molecule has 1 aliphatic heterocycles. The van der Waals surface area contributed by atoms with Crippen LogP contribution in [0.2, 0.25) is 0 Å². The quantitative estimate of drug-likeness (QED) is 0.803. The number of thiophene rings is 1. The molecule has 0 radical (unpaired) electrons. The fraction of sp³-hybridized carbons (Fsp3) is 0.278. The molecule has 1 aromatic heterocycles. The largest absolute Gasteiger partial charge is 0.488 e. The van der Waals surface area contributed by atoms with E-state index in [0.717, 1.165) is 21.8 Å². The summed E-state index contributed by atoms with van der Waals surface area (Å²) in [5.74, 6) is -0.517. The van der Waals surface area contributed by atoms with Crippen molar-refractivity contribution in [3.05, 3.63) is 40.8 Å². The van der Waals surface area contributed by atoms with Crippen molar-refractivity contribution in [2.75, 3.05) is 6.54 Å². The highest BCUT2D eigenvalue weighted by Gasteiger charge is 2.25. The molecule has 3 amide bonds. The molecule has 0 spiro atoms. The first-order valence-electron chi connectivity index (χ1n) is 8.14. The second-order valence-corrected chi connectivity index (χ2v) is 6.70. The third-order valence-electron chi connectivity index (χ3n) is 3.75. The number of imide groups is 1. The maximum Gasteiger partial charge on any atom is 0.349 e. The monoisotopic (exact) mass is 374 g/mol. The fourth-order valence-electron chi connectivity index (χ4n) is 2.49. The van der Waals surface area contributed by atoms with Crippen LogP contribution < -0.4 is 15.4 Å². The Balaban J connectivity index is 1.69. The number of hydrogen-bond acceptors (Lipinski definition) is 6. The van der Waals surface area contributed by atoms with Gasteiger partial charge in [-0.15, -0.1) is 11.3 Å². The zero-order chi connectivity index (χ0) is 18.7. The average molecular weight is 374 g/mol. The molecule has 8 heteroatoms. The van der Waals surface area contributed by atoms with Crippen molar-refractivity contribution in [3.63, 3.8) is 0 Å². The molecule has 2 N–H and O–H groups in total. The Morgan fingerprint density at radius 2 is 2.08 bits per heavy atom. The summed E-state index contributed by atoms with van der Waals surface area (Å²) in [6, 6.07) is 8.70. The Morgan fingerprint density at radius 1 is 1.31 bits per heavy atom. The van der Waals surface area contributed by atoms with Crippen molar-refractivity contribution in [2.24, 2.45) is 0 Å². The maximum atomic E-state index is 12.4. The van der Waals surface area contributed by atoms with E-state index in [1.807, 2.05) is 24.3 Å². The first-order chi connectivity index (χ1) is 12.5. The molecule has 0 saturated carbocycles. The van der Waals surface area contributed by atoms with Crippen molar-refractivity contribution in [1.82, 2.24) is 10.6 Å². The zero-order valence-corrected chi connectivity index (χ0v) is 15.1. The lowest BCUT2D eigenvalue weighted by Gasteiger charge is -2.16. The topological polar surface area (TPSA) is 93.7 Å². The molecule has 0 unspecified atom stereocenters. The SMILES string of the molecule is CCNC(=O)NC(=O)[C@@H](C)OC(=O)c1cc2c(s1)-c1ccccc1OC2. The first-order valence-corrected chi connectivity index (χ1v) is 8.95. The molecule has 0 saturated heterocycles. The predicted molar refractivity (Wildman–Crippen MR) is 96.2 cm³/mol. The number of urea groups is 1. The van der Waals surface area contributed by atoms with E-state index in [1.165, 1.54) is 18.3 Å². The van der Waals surface area contributed by atoms with Gasteiger partial charge in [-0.2, -0.15) is 0 Å². The van der Waals surface area contributed by atoms with E-state index in [-0.39, 0.29) is 0 Å². The van der Waals surface area contributed by atoms with Crippen LogP contribution >= 0.6 is 11.3 Å². The van der Waals surface area contributed by atoms with Gasteiger partial charge < -0.3 is 14.8 Å². The number of nitrogens with one attached hydrogen (secondary N) is 2. The van der Waals surface area contributed by atoms with Gasteiger partial charge in [0.05, 0.1) is 0 Å². The van der Waals surface area contributed by atoms with Crippen molar-refractivity contribution in [3.8, 4) is 16.2 Å². The fourth-order valence-corrected chi connectivity index (χ4v) is 3.57. The molecule has 1 aromatic carbocycles. The molecular weight excluding hydrogens is 356 g/mol. The number of para-hydroxylation sites is 1. The Morgan fingerprint density at radius 3 is 2.85 bits per heavy atom. The molecule has 0 bridgehead atoms. The van der Waals surface area contributed by atoms with E-state index in [4.69, 9.17) is 9.47 Å². The van der Waals surface area contributed by atoms with E-state index >= 15 is 0 Å². The summed E-state index contributed by atoms with van der Waals surface area (Å²) in [4.78, 5) is 37.0. The highest BCUT2D eigenvalue weighted by molar-refractivity contribution is 7.17. The van der Waals surface area contributed by atoms with Crippen LogP contribution in [0.1, 0.15) is 29.1 Å². The van der Waals surface area contributed by atoms with Crippen LogP contribution in [0.15, 0.2) is 30.3 Å². The van der Waals surface area contributed by atoms with E-state index in [0.29, 0.717) is 18.0 Å². The minimum absolute atomic E-state index is 0.378. The van der Waals surface area contributed by atoms with Crippen molar-refractivity contribution >= 4 is 29.2 Å². The number of benzene rings is 1. The van der Waals surface area contributed by atoms with Gasteiger partial charge in [0, 0.05) is 22.5 Å². The molecule has 2 aromatic rings. The summed E-state index contributed by atoms with van der Waals surface area (Å²) in [6.07, 6.45) is -1.09. The molecule has 26 heavy (non-hydrogen) atoms. The van der Waals surface area contributed by atoms with Gasteiger partial charge in [-0.25, -0.2) is 9.59 Å². The Labute approximate surface area is 154 Å². The van der Waals surface area contributed by atoms with E-state index in [2.05, 4.69) is 10.6 Å². The molecule has 2 heterocycles.